The maximum Gasteiger partial charge on any atom is 0.329 e. The van der Waals surface area contributed by atoms with Gasteiger partial charge in [0.05, 0.1) is 12.0 Å². The summed E-state index contributed by atoms with van der Waals surface area (Å²) in [5.74, 6) is 0.792. The van der Waals surface area contributed by atoms with Gasteiger partial charge in [-0.05, 0) is 56.2 Å². The number of benzene rings is 1. The maximum atomic E-state index is 13.3. The average Bonchev–Trinajstić information content (AvgIpc) is 3.15. The average molecular weight is 405 g/mol. The molecule has 1 aromatic carbocycles. The summed E-state index contributed by atoms with van der Waals surface area (Å²) in [6, 6.07) is 5.21. The van der Waals surface area contributed by atoms with Gasteiger partial charge in [-0.25, -0.2) is 9.59 Å². The number of esters is 1. The Morgan fingerprint density at radius 1 is 1.21 bits per heavy atom. The first-order chi connectivity index (χ1) is 13.5. The van der Waals surface area contributed by atoms with E-state index < -0.39 is 6.04 Å². The molecule has 0 bridgehead atoms. The molecule has 0 radical (unpaired) electrons. The minimum absolute atomic E-state index is 0.0459. The molecule has 0 unspecified atom stereocenters. The molecule has 2 aliphatic rings. The second-order valence-electron chi connectivity index (χ2n) is 7.89. The summed E-state index contributed by atoms with van der Waals surface area (Å²) < 4.78 is 5.41. The van der Waals surface area contributed by atoms with E-state index >= 15 is 0 Å². The molecule has 5 nitrogen and oxygen atoms in total. The van der Waals surface area contributed by atoms with Crippen molar-refractivity contribution in [1.82, 2.24) is 4.90 Å². The van der Waals surface area contributed by atoms with E-state index in [9.17, 15) is 9.59 Å². The van der Waals surface area contributed by atoms with Gasteiger partial charge < -0.3 is 10.1 Å². The summed E-state index contributed by atoms with van der Waals surface area (Å²) in [5.41, 5.74) is 3.00. The quantitative estimate of drug-likeness (QED) is 0.693. The standard InChI is InChI=1S/C22H32N2O3S/c1-4-13-27-21(25)19-14-28-20(17-10-6-5-7-11-17)24(19)22(26)23-18-12-8-9-15(2)16(18)3/h8-9,12,17,19-20H,4-7,10-11,13-14H2,1-3H3,(H,23,26)/t19-,20-/m0/s1. The third-order valence-corrected chi connectivity index (χ3v) is 7.35. The van der Waals surface area contributed by atoms with E-state index in [0.717, 1.165) is 36.1 Å². The Bertz CT molecular complexity index is 703. The van der Waals surface area contributed by atoms with Crippen LogP contribution in [-0.2, 0) is 9.53 Å². The van der Waals surface area contributed by atoms with Crippen molar-refractivity contribution in [3.05, 3.63) is 29.3 Å². The van der Waals surface area contributed by atoms with Gasteiger partial charge in [-0.1, -0.05) is 38.3 Å². The van der Waals surface area contributed by atoms with E-state index in [1.807, 2.05) is 39.0 Å². The van der Waals surface area contributed by atoms with Crippen LogP contribution < -0.4 is 5.32 Å². The molecule has 28 heavy (non-hydrogen) atoms. The predicted molar refractivity (Wildman–Crippen MR) is 115 cm³/mol. The number of thioether (sulfide) groups is 1. The molecule has 2 amide bonds. The van der Waals surface area contributed by atoms with Crippen LogP contribution in [0.25, 0.3) is 0 Å². The van der Waals surface area contributed by atoms with E-state index in [1.54, 1.807) is 16.7 Å². The lowest BCUT2D eigenvalue weighted by atomic mass is 9.88. The number of urea groups is 1. The van der Waals surface area contributed by atoms with Gasteiger partial charge in [0.2, 0.25) is 0 Å². The summed E-state index contributed by atoms with van der Waals surface area (Å²) in [4.78, 5) is 27.8. The summed E-state index contributed by atoms with van der Waals surface area (Å²) in [7, 11) is 0. The zero-order valence-corrected chi connectivity index (χ0v) is 18.0. The summed E-state index contributed by atoms with van der Waals surface area (Å²) in [6.07, 6.45) is 6.72. The molecule has 1 aliphatic heterocycles. The SMILES string of the molecule is CCCOC(=O)[C@@H]1CS[C@@H](C2CCCCC2)N1C(=O)Nc1cccc(C)c1C. The zero-order chi connectivity index (χ0) is 20.1. The minimum Gasteiger partial charge on any atom is -0.464 e. The molecule has 1 aromatic rings. The van der Waals surface area contributed by atoms with Gasteiger partial charge in [-0.3, -0.25) is 4.90 Å². The van der Waals surface area contributed by atoms with Crippen LogP contribution >= 0.6 is 11.8 Å². The first kappa shape index (κ1) is 21.0. The fourth-order valence-corrected chi connectivity index (χ4v) is 5.74. The van der Waals surface area contributed by atoms with Crippen LogP contribution in [0.15, 0.2) is 18.2 Å². The fraction of sp³-hybridized carbons (Fsp3) is 0.636. The topological polar surface area (TPSA) is 58.6 Å². The van der Waals surface area contributed by atoms with Gasteiger partial charge in [-0.15, -0.1) is 11.8 Å². The second kappa shape index (κ2) is 9.68. The van der Waals surface area contributed by atoms with Gasteiger partial charge in [0.15, 0.2) is 0 Å². The van der Waals surface area contributed by atoms with Crippen LogP contribution in [0.5, 0.6) is 0 Å². The van der Waals surface area contributed by atoms with Crippen molar-refractivity contribution in [2.45, 2.75) is 70.7 Å². The number of carbonyl (C=O) groups is 2. The molecule has 1 heterocycles. The van der Waals surface area contributed by atoms with Crippen molar-refractivity contribution in [1.29, 1.82) is 0 Å². The molecular weight excluding hydrogens is 372 g/mol. The van der Waals surface area contributed by atoms with E-state index in [0.29, 0.717) is 18.3 Å². The van der Waals surface area contributed by atoms with Crippen LogP contribution in [0.4, 0.5) is 10.5 Å². The van der Waals surface area contributed by atoms with Gasteiger partial charge in [0.1, 0.15) is 6.04 Å². The first-order valence-electron chi connectivity index (χ1n) is 10.5. The van der Waals surface area contributed by atoms with Crippen molar-refractivity contribution < 1.29 is 14.3 Å². The molecule has 2 fully saturated rings. The monoisotopic (exact) mass is 404 g/mol. The van der Waals surface area contributed by atoms with Crippen molar-refractivity contribution in [3.8, 4) is 0 Å². The molecule has 1 aliphatic carbocycles. The van der Waals surface area contributed by atoms with Crippen LogP contribution in [0.3, 0.4) is 0 Å². The third kappa shape index (κ3) is 4.65. The first-order valence-corrected chi connectivity index (χ1v) is 11.5. The number of amides is 2. The number of ether oxygens (including phenoxy) is 1. The van der Waals surface area contributed by atoms with Gasteiger partial charge in [0.25, 0.3) is 0 Å². The van der Waals surface area contributed by atoms with Crippen LogP contribution in [0.2, 0.25) is 0 Å². The summed E-state index contributed by atoms with van der Waals surface area (Å²) >= 11 is 1.74. The van der Waals surface area contributed by atoms with Crippen LogP contribution in [-0.4, -0.2) is 40.7 Å². The number of hydrogen-bond donors (Lipinski definition) is 1. The third-order valence-electron chi connectivity index (χ3n) is 5.89. The predicted octanol–water partition coefficient (Wildman–Crippen LogP) is 5.11. The molecule has 1 saturated heterocycles. The zero-order valence-electron chi connectivity index (χ0n) is 17.2. The minimum atomic E-state index is -0.506. The Morgan fingerprint density at radius 3 is 2.68 bits per heavy atom. The van der Waals surface area contributed by atoms with E-state index in [2.05, 4.69) is 5.32 Å². The largest absolute Gasteiger partial charge is 0.464 e. The molecule has 1 N–H and O–H groups in total. The Hall–Kier alpha value is -1.69. The van der Waals surface area contributed by atoms with Crippen molar-refractivity contribution in [2.24, 2.45) is 5.92 Å². The Labute approximate surface area is 172 Å². The van der Waals surface area contributed by atoms with Gasteiger partial charge in [-0.2, -0.15) is 0 Å². The highest BCUT2D eigenvalue weighted by Crippen LogP contribution is 2.41. The number of nitrogens with zero attached hydrogens (tertiary/aromatic N) is 1. The van der Waals surface area contributed by atoms with Crippen LogP contribution in [0, 0.1) is 19.8 Å². The number of carbonyl (C=O) groups excluding carboxylic acids is 2. The van der Waals surface area contributed by atoms with E-state index in [1.165, 1.54) is 19.3 Å². The highest BCUT2D eigenvalue weighted by atomic mass is 32.2. The lowest BCUT2D eigenvalue weighted by Crippen LogP contribution is -2.50. The lowest BCUT2D eigenvalue weighted by molar-refractivity contribution is -0.148. The molecular formula is C22H32N2O3S. The van der Waals surface area contributed by atoms with E-state index in [4.69, 9.17) is 4.74 Å². The highest BCUT2D eigenvalue weighted by Gasteiger charge is 2.45. The fourth-order valence-electron chi connectivity index (χ4n) is 4.11. The number of nitrogens with one attached hydrogen (secondary N) is 1. The number of hydrogen-bond acceptors (Lipinski definition) is 4. The van der Waals surface area contributed by atoms with Crippen LogP contribution in [0.1, 0.15) is 56.6 Å². The normalized spacial score (nSPS) is 22.9. The number of rotatable bonds is 5. The summed E-state index contributed by atoms with van der Waals surface area (Å²) in [6.45, 7) is 6.43. The Balaban J connectivity index is 1.81. The Morgan fingerprint density at radius 2 is 1.96 bits per heavy atom. The molecule has 154 valence electrons. The van der Waals surface area contributed by atoms with E-state index in [-0.39, 0.29) is 17.4 Å². The molecule has 6 heteroatoms. The van der Waals surface area contributed by atoms with Crippen molar-refractivity contribution >= 4 is 29.4 Å². The van der Waals surface area contributed by atoms with Crippen molar-refractivity contribution in [3.63, 3.8) is 0 Å². The number of aryl methyl sites for hydroxylation is 1. The molecule has 0 aromatic heterocycles. The molecule has 2 atom stereocenters. The Kier molecular flexibility index (Phi) is 7.27. The molecule has 1 saturated carbocycles. The maximum absolute atomic E-state index is 13.3. The molecule has 3 rings (SSSR count). The highest BCUT2D eigenvalue weighted by molar-refractivity contribution is 8.00. The van der Waals surface area contributed by atoms with Gasteiger partial charge in [0, 0.05) is 11.4 Å². The second-order valence-corrected chi connectivity index (χ2v) is 9.04. The smallest absolute Gasteiger partial charge is 0.329 e. The summed E-state index contributed by atoms with van der Waals surface area (Å²) in [5, 5.41) is 3.11. The number of anilines is 1. The molecule has 0 spiro atoms. The van der Waals surface area contributed by atoms with Gasteiger partial charge >= 0.3 is 12.0 Å². The van der Waals surface area contributed by atoms with Crippen molar-refractivity contribution in [2.75, 3.05) is 17.7 Å². The lowest BCUT2D eigenvalue weighted by Gasteiger charge is -2.35.